The second-order valence-electron chi connectivity index (χ2n) is 9.41. The number of likely N-dealkylation sites (N-methyl/N-ethyl adjacent to an activating group) is 1. The quantitative estimate of drug-likeness (QED) is 0.628. The first-order chi connectivity index (χ1) is 17.4. The van der Waals surface area contributed by atoms with E-state index in [9.17, 15) is 14.0 Å². The summed E-state index contributed by atoms with van der Waals surface area (Å²) in [6.07, 6.45) is 1.10. The van der Waals surface area contributed by atoms with E-state index in [4.69, 9.17) is 9.47 Å². The van der Waals surface area contributed by atoms with Gasteiger partial charge >= 0.3 is 6.03 Å². The fourth-order valence-electron chi connectivity index (χ4n) is 5.48. The Balaban J connectivity index is 1.32. The van der Waals surface area contributed by atoms with Crippen molar-refractivity contribution < 1.29 is 23.5 Å². The van der Waals surface area contributed by atoms with Crippen LogP contribution < -0.4 is 14.8 Å². The molecule has 9 nitrogen and oxygen atoms in total. The molecule has 0 spiro atoms. The molecular weight excluding hydrogens is 465 g/mol. The lowest BCUT2D eigenvalue weighted by Gasteiger charge is -2.43. The van der Waals surface area contributed by atoms with Crippen LogP contribution in [0.15, 0.2) is 42.5 Å². The van der Waals surface area contributed by atoms with Crippen molar-refractivity contribution in [1.29, 1.82) is 0 Å². The Morgan fingerprint density at radius 3 is 2.58 bits per heavy atom. The van der Waals surface area contributed by atoms with E-state index in [1.54, 1.807) is 44.4 Å². The Labute approximate surface area is 210 Å². The van der Waals surface area contributed by atoms with Crippen LogP contribution in [0.1, 0.15) is 17.5 Å². The average molecular weight is 498 g/mol. The van der Waals surface area contributed by atoms with Gasteiger partial charge in [0.1, 0.15) is 24.3 Å². The van der Waals surface area contributed by atoms with Crippen LogP contribution in [0.2, 0.25) is 0 Å². The molecular formula is C26H32FN5O4. The molecule has 0 aromatic heterocycles. The topological polar surface area (TPSA) is 77.6 Å². The summed E-state index contributed by atoms with van der Waals surface area (Å²) in [5, 5.41) is 3.52. The monoisotopic (exact) mass is 497 g/mol. The fourth-order valence-corrected chi connectivity index (χ4v) is 5.48. The van der Waals surface area contributed by atoms with Crippen molar-refractivity contribution >= 4 is 11.9 Å². The molecule has 0 radical (unpaired) electrons. The van der Waals surface area contributed by atoms with Crippen LogP contribution in [0.3, 0.4) is 0 Å². The van der Waals surface area contributed by atoms with Gasteiger partial charge in [0.15, 0.2) is 11.5 Å². The van der Waals surface area contributed by atoms with Crippen LogP contribution in [-0.2, 0) is 17.8 Å². The number of amides is 3. The number of halogens is 1. The molecule has 2 aromatic carbocycles. The first kappa shape index (κ1) is 24.5. The molecule has 3 aliphatic heterocycles. The molecule has 36 heavy (non-hydrogen) atoms. The Morgan fingerprint density at radius 2 is 1.83 bits per heavy atom. The molecule has 0 aliphatic carbocycles. The molecule has 3 amide bonds. The van der Waals surface area contributed by atoms with Crippen molar-refractivity contribution in [2.75, 3.05) is 40.9 Å². The second kappa shape index (κ2) is 10.0. The third-order valence-electron chi connectivity index (χ3n) is 7.39. The van der Waals surface area contributed by atoms with E-state index < -0.39 is 24.1 Å². The van der Waals surface area contributed by atoms with Crippen LogP contribution in [0.4, 0.5) is 9.18 Å². The smallest absolute Gasteiger partial charge is 0.328 e. The minimum atomic E-state index is -0.520. The highest BCUT2D eigenvalue weighted by Crippen LogP contribution is 2.32. The summed E-state index contributed by atoms with van der Waals surface area (Å²) < 4.78 is 25.1. The number of nitrogens with one attached hydrogen (secondary N) is 1. The summed E-state index contributed by atoms with van der Waals surface area (Å²) in [5.74, 6) is 0.673. The molecule has 3 atom stereocenters. The number of benzene rings is 2. The van der Waals surface area contributed by atoms with Gasteiger partial charge in [-0.15, -0.1) is 0 Å². The van der Waals surface area contributed by atoms with Gasteiger partial charge in [-0.05, 0) is 36.6 Å². The molecule has 3 unspecified atom stereocenters. The van der Waals surface area contributed by atoms with Crippen molar-refractivity contribution in [2.45, 2.75) is 37.9 Å². The minimum absolute atomic E-state index is 0.0839. The maximum absolute atomic E-state index is 14.3. The maximum atomic E-state index is 14.3. The predicted molar refractivity (Wildman–Crippen MR) is 131 cm³/mol. The van der Waals surface area contributed by atoms with E-state index >= 15 is 0 Å². The van der Waals surface area contributed by atoms with E-state index in [1.165, 1.54) is 11.0 Å². The van der Waals surface area contributed by atoms with Gasteiger partial charge in [0.05, 0.1) is 20.8 Å². The molecule has 0 bridgehead atoms. The molecule has 10 heteroatoms. The summed E-state index contributed by atoms with van der Waals surface area (Å²) in [4.78, 5) is 33.9. The zero-order chi connectivity index (χ0) is 25.4. The van der Waals surface area contributed by atoms with Gasteiger partial charge in [-0.2, -0.15) is 0 Å². The number of carbonyl (C=O) groups is 2. The fraction of sp³-hybridized carbons (Fsp3) is 0.462. The van der Waals surface area contributed by atoms with Gasteiger partial charge in [0, 0.05) is 32.2 Å². The molecule has 0 saturated carbocycles. The number of rotatable bonds is 7. The lowest BCUT2D eigenvalue weighted by atomic mass is 10.1. The molecule has 1 N–H and O–H groups in total. The summed E-state index contributed by atoms with van der Waals surface area (Å²) >= 11 is 0. The normalized spacial score (nSPS) is 24.6. The van der Waals surface area contributed by atoms with Crippen molar-refractivity contribution in [1.82, 2.24) is 24.9 Å². The molecule has 3 fully saturated rings. The number of fused-ring (bicyclic) bond motifs is 3. The summed E-state index contributed by atoms with van der Waals surface area (Å²) in [5.41, 5.74) is 1.45. The number of carbonyl (C=O) groups excluding carboxylic acids is 2. The van der Waals surface area contributed by atoms with Crippen molar-refractivity contribution in [3.63, 3.8) is 0 Å². The van der Waals surface area contributed by atoms with E-state index in [2.05, 4.69) is 15.1 Å². The van der Waals surface area contributed by atoms with Crippen LogP contribution in [0, 0.1) is 5.82 Å². The van der Waals surface area contributed by atoms with Crippen LogP contribution >= 0.6 is 0 Å². The number of methoxy groups -OCH3 is 2. The largest absolute Gasteiger partial charge is 0.493 e. The van der Waals surface area contributed by atoms with Gasteiger partial charge in [-0.25, -0.2) is 9.18 Å². The Hall–Kier alpha value is -3.21. The van der Waals surface area contributed by atoms with Crippen molar-refractivity contribution in [3.05, 3.63) is 59.4 Å². The first-order valence-electron chi connectivity index (χ1n) is 12.2. The molecule has 2 aromatic rings. The Kier molecular flexibility index (Phi) is 6.83. The highest BCUT2D eigenvalue weighted by atomic mass is 19.1. The average Bonchev–Trinajstić information content (AvgIpc) is 3.30. The third-order valence-corrected chi connectivity index (χ3v) is 7.39. The zero-order valence-corrected chi connectivity index (χ0v) is 20.8. The highest BCUT2D eigenvalue weighted by molar-refractivity contribution is 6.00. The number of urea groups is 1. The molecule has 3 saturated heterocycles. The van der Waals surface area contributed by atoms with E-state index in [1.807, 2.05) is 18.2 Å². The van der Waals surface area contributed by atoms with Crippen molar-refractivity contribution in [3.8, 4) is 11.5 Å². The minimum Gasteiger partial charge on any atom is -0.493 e. The Bertz CT molecular complexity index is 1150. The van der Waals surface area contributed by atoms with Crippen LogP contribution in [-0.4, -0.2) is 90.9 Å². The van der Waals surface area contributed by atoms with Gasteiger partial charge in [0.2, 0.25) is 0 Å². The Morgan fingerprint density at radius 1 is 1.06 bits per heavy atom. The number of imide groups is 1. The number of hydrogen-bond donors (Lipinski definition) is 1. The van der Waals surface area contributed by atoms with Gasteiger partial charge in [0.25, 0.3) is 5.91 Å². The van der Waals surface area contributed by atoms with Gasteiger partial charge in [-0.3, -0.25) is 24.8 Å². The predicted octanol–water partition coefficient (Wildman–Crippen LogP) is 2.07. The first-order valence-corrected chi connectivity index (χ1v) is 12.2. The van der Waals surface area contributed by atoms with Gasteiger partial charge < -0.3 is 14.4 Å². The van der Waals surface area contributed by atoms with Gasteiger partial charge in [-0.1, -0.05) is 24.3 Å². The second-order valence-corrected chi connectivity index (χ2v) is 9.41. The zero-order valence-electron chi connectivity index (χ0n) is 20.8. The lowest BCUT2D eigenvalue weighted by Crippen LogP contribution is -2.66. The SMILES string of the molecule is COc1ccc(CCN2CCCN3C4C(=O)N(Cc5ccccc5F)C(=O)N(C)C4NC23)cc1OC. The lowest BCUT2D eigenvalue weighted by molar-refractivity contribution is -0.140. The molecule has 3 aliphatic rings. The highest BCUT2D eigenvalue weighted by Gasteiger charge is 2.55. The summed E-state index contributed by atoms with van der Waals surface area (Å²) in [7, 11) is 4.93. The number of hydrogen-bond acceptors (Lipinski definition) is 7. The summed E-state index contributed by atoms with van der Waals surface area (Å²) in [6.45, 7) is 2.31. The van der Waals surface area contributed by atoms with E-state index in [0.29, 0.717) is 17.1 Å². The maximum Gasteiger partial charge on any atom is 0.328 e. The molecule has 5 rings (SSSR count). The van der Waals surface area contributed by atoms with E-state index in [-0.39, 0.29) is 18.7 Å². The van der Waals surface area contributed by atoms with E-state index in [0.717, 1.165) is 38.0 Å². The standard InChI is InChI=1S/C26H32FN5O4/c1-29-23-22(24(33)32(26(29)34)16-18-7-4-5-8-19(18)27)31-13-6-12-30(25(31)28-23)14-11-17-9-10-20(35-2)21(15-17)36-3/h4-5,7-10,15,22-23,25,28H,6,11-14,16H2,1-3H3. The third kappa shape index (κ3) is 4.29. The summed E-state index contributed by atoms with van der Waals surface area (Å²) in [6, 6.07) is 11.2. The van der Waals surface area contributed by atoms with Crippen molar-refractivity contribution in [2.24, 2.45) is 0 Å². The molecule has 192 valence electrons. The van der Waals surface area contributed by atoms with Crippen LogP contribution in [0.25, 0.3) is 0 Å². The molecule has 3 heterocycles. The van der Waals surface area contributed by atoms with Crippen LogP contribution in [0.5, 0.6) is 11.5 Å². The number of ether oxygens (including phenoxy) is 2. The number of nitrogens with zero attached hydrogens (tertiary/aromatic N) is 4.